The molecular formula is C44H26S8. The van der Waals surface area contributed by atoms with Crippen molar-refractivity contribution < 1.29 is 0 Å². The summed E-state index contributed by atoms with van der Waals surface area (Å²) in [4.78, 5) is 15.7. The molecule has 0 amide bonds. The zero-order valence-corrected chi connectivity index (χ0v) is 33.8. The minimum atomic E-state index is 1.23. The Labute approximate surface area is 334 Å². The van der Waals surface area contributed by atoms with Crippen molar-refractivity contribution in [2.45, 2.75) is 0 Å². The topological polar surface area (TPSA) is 0 Å². The van der Waals surface area contributed by atoms with Crippen LogP contribution in [-0.2, 0) is 0 Å². The van der Waals surface area contributed by atoms with Crippen LogP contribution in [0, 0.1) is 0 Å². The number of hydrogen-bond acceptors (Lipinski definition) is 8. The summed E-state index contributed by atoms with van der Waals surface area (Å²) < 4.78 is 0. The Morgan fingerprint density at radius 1 is 0.212 bits per heavy atom. The molecule has 8 aromatic heterocycles. The van der Waals surface area contributed by atoms with Crippen LogP contribution in [0.3, 0.4) is 0 Å². The third kappa shape index (κ3) is 6.48. The van der Waals surface area contributed by atoms with Gasteiger partial charge in [0.05, 0.1) is 0 Å². The van der Waals surface area contributed by atoms with E-state index in [-0.39, 0.29) is 0 Å². The van der Waals surface area contributed by atoms with Crippen molar-refractivity contribution in [1.82, 2.24) is 0 Å². The van der Waals surface area contributed by atoms with E-state index < -0.39 is 0 Å². The Kier molecular flexibility index (Phi) is 8.87. The van der Waals surface area contributed by atoms with Gasteiger partial charge in [-0.25, -0.2) is 0 Å². The van der Waals surface area contributed by atoms with Gasteiger partial charge in [0.25, 0.3) is 0 Å². The lowest BCUT2D eigenvalue weighted by Gasteiger charge is -2.12. The van der Waals surface area contributed by atoms with Gasteiger partial charge >= 0.3 is 0 Å². The molecule has 0 aliphatic carbocycles. The zero-order chi connectivity index (χ0) is 34.4. The molecule has 8 heterocycles. The molecule has 0 aliphatic heterocycles. The summed E-state index contributed by atoms with van der Waals surface area (Å²) >= 11 is 14.7. The van der Waals surface area contributed by atoms with Gasteiger partial charge < -0.3 is 0 Å². The first kappa shape index (κ1) is 32.7. The zero-order valence-electron chi connectivity index (χ0n) is 27.3. The van der Waals surface area contributed by atoms with Crippen LogP contribution in [0.15, 0.2) is 155 Å². The van der Waals surface area contributed by atoms with E-state index in [4.69, 9.17) is 0 Å². The number of benzene rings is 2. The normalized spacial score (nSPS) is 11.5. The summed E-state index contributed by atoms with van der Waals surface area (Å²) in [6.07, 6.45) is 0. The van der Waals surface area contributed by atoms with Crippen molar-refractivity contribution in [1.29, 1.82) is 0 Å². The highest BCUT2D eigenvalue weighted by atomic mass is 32.1. The van der Waals surface area contributed by atoms with Gasteiger partial charge in [-0.15, -0.1) is 90.7 Å². The molecule has 2 aromatic carbocycles. The molecule has 0 fully saturated rings. The van der Waals surface area contributed by atoms with Crippen molar-refractivity contribution >= 4 is 90.7 Å². The standard InChI is InChI=1S/C44H26S8/c1-5-37(45-17-1)41-13-9-33(49-41)29-21-27(22-30(25-29)34-10-14-42(50-34)38-6-2-18-46-38)28-23-31(35-11-15-43(51-35)39-7-3-19-47-39)26-32(24-28)36-12-16-44(52-36)40-8-4-20-48-40/h1-26H. The Morgan fingerprint density at radius 2 is 0.442 bits per heavy atom. The molecule has 0 saturated carbocycles. The number of hydrogen-bond donors (Lipinski definition) is 0. The summed E-state index contributed by atoms with van der Waals surface area (Å²) in [6, 6.07) is 50.1. The van der Waals surface area contributed by atoms with Crippen LogP contribution >= 0.6 is 90.7 Å². The number of thiophene rings is 8. The lowest BCUT2D eigenvalue weighted by Crippen LogP contribution is -1.86. The lowest BCUT2D eigenvalue weighted by molar-refractivity contribution is 1.61. The Morgan fingerprint density at radius 3 is 0.673 bits per heavy atom. The third-order valence-electron chi connectivity index (χ3n) is 8.82. The lowest BCUT2D eigenvalue weighted by atomic mass is 9.94. The van der Waals surface area contributed by atoms with Gasteiger partial charge in [-0.1, -0.05) is 24.3 Å². The van der Waals surface area contributed by atoms with E-state index >= 15 is 0 Å². The molecule has 8 heteroatoms. The Hall–Kier alpha value is -3.96. The van der Waals surface area contributed by atoms with Gasteiger partial charge in [0.15, 0.2) is 0 Å². The molecule has 0 saturated heterocycles. The van der Waals surface area contributed by atoms with Gasteiger partial charge in [0.2, 0.25) is 0 Å². The monoisotopic (exact) mass is 810 g/mol. The Balaban J connectivity index is 1.14. The maximum Gasteiger partial charge on any atom is 0.0449 e. The highest BCUT2D eigenvalue weighted by Gasteiger charge is 2.16. The molecule has 250 valence electrons. The van der Waals surface area contributed by atoms with Crippen LogP contribution in [0.4, 0.5) is 0 Å². The fraction of sp³-hybridized carbons (Fsp3) is 0. The molecular weight excluding hydrogens is 785 g/mol. The smallest absolute Gasteiger partial charge is 0.0449 e. The van der Waals surface area contributed by atoms with Crippen LogP contribution < -0.4 is 0 Å². The van der Waals surface area contributed by atoms with Gasteiger partial charge in [-0.3, -0.25) is 0 Å². The highest BCUT2D eigenvalue weighted by Crippen LogP contribution is 2.46. The van der Waals surface area contributed by atoms with E-state index in [2.05, 4.69) is 155 Å². The summed E-state index contributed by atoms with van der Waals surface area (Å²) in [5.41, 5.74) is 7.49. The Bertz CT molecular complexity index is 2350. The second-order valence-corrected chi connectivity index (χ2v) is 20.3. The molecule has 0 atom stereocenters. The van der Waals surface area contributed by atoms with Crippen molar-refractivity contribution in [3.63, 3.8) is 0 Å². The first-order valence-corrected chi connectivity index (χ1v) is 23.4. The predicted octanol–water partition coefficient (Wildman–Crippen LogP) is 17.2. The minimum Gasteiger partial charge on any atom is -0.143 e. The maximum atomic E-state index is 2.40. The van der Waals surface area contributed by atoms with Gasteiger partial charge in [-0.2, -0.15) is 0 Å². The molecule has 52 heavy (non-hydrogen) atoms. The average molecular weight is 811 g/mol. The predicted molar refractivity (Wildman–Crippen MR) is 238 cm³/mol. The molecule has 0 aliphatic rings. The quantitative estimate of drug-likeness (QED) is 0.136. The van der Waals surface area contributed by atoms with E-state index in [0.29, 0.717) is 0 Å². The van der Waals surface area contributed by atoms with Crippen LogP contribution in [0.25, 0.3) is 91.9 Å². The van der Waals surface area contributed by atoms with Crippen molar-refractivity contribution in [2.75, 3.05) is 0 Å². The van der Waals surface area contributed by atoms with Gasteiger partial charge in [-0.05, 0) is 164 Å². The molecule has 0 bridgehead atoms. The largest absolute Gasteiger partial charge is 0.143 e. The minimum absolute atomic E-state index is 1.23. The number of rotatable bonds is 9. The third-order valence-corrected chi connectivity index (χ3v) is 17.6. The van der Waals surface area contributed by atoms with E-state index in [9.17, 15) is 0 Å². The summed E-state index contributed by atoms with van der Waals surface area (Å²) in [7, 11) is 0. The van der Waals surface area contributed by atoms with Crippen molar-refractivity contribution in [3.8, 4) is 91.9 Å². The van der Waals surface area contributed by atoms with E-state index in [1.165, 1.54) is 91.9 Å². The van der Waals surface area contributed by atoms with Crippen LogP contribution in [0.1, 0.15) is 0 Å². The van der Waals surface area contributed by atoms with Crippen molar-refractivity contribution in [3.05, 3.63) is 155 Å². The van der Waals surface area contributed by atoms with E-state index in [1.807, 2.05) is 45.3 Å². The first-order valence-electron chi connectivity index (χ1n) is 16.6. The average Bonchev–Trinajstić information content (AvgIpc) is 4.02. The summed E-state index contributed by atoms with van der Waals surface area (Å²) in [6.45, 7) is 0. The summed E-state index contributed by atoms with van der Waals surface area (Å²) in [5, 5.41) is 8.64. The van der Waals surface area contributed by atoms with Crippen LogP contribution in [0.5, 0.6) is 0 Å². The fourth-order valence-electron chi connectivity index (χ4n) is 6.33. The molecule has 10 rings (SSSR count). The van der Waals surface area contributed by atoms with Crippen LogP contribution in [-0.4, -0.2) is 0 Å². The second kappa shape index (κ2) is 14.1. The molecule has 0 nitrogen and oxygen atoms in total. The highest BCUT2D eigenvalue weighted by molar-refractivity contribution is 7.25. The van der Waals surface area contributed by atoms with Crippen LogP contribution in [0.2, 0.25) is 0 Å². The molecule has 0 radical (unpaired) electrons. The second-order valence-electron chi connectivity index (χ2n) is 12.2. The SMILES string of the molecule is c1csc(-c2ccc(-c3cc(-c4cc(-c5ccc(-c6cccs6)s5)cc(-c5ccc(-c6cccs6)s5)c4)cc(-c4ccc(-c5cccs5)s4)c3)s2)c1. The van der Waals surface area contributed by atoms with Crippen molar-refractivity contribution in [2.24, 2.45) is 0 Å². The molecule has 0 N–H and O–H groups in total. The van der Waals surface area contributed by atoms with Gasteiger partial charge in [0, 0.05) is 58.5 Å². The van der Waals surface area contributed by atoms with E-state index in [0.717, 1.165) is 0 Å². The fourth-order valence-corrected chi connectivity index (χ4v) is 13.6. The van der Waals surface area contributed by atoms with Gasteiger partial charge in [0.1, 0.15) is 0 Å². The molecule has 10 aromatic rings. The molecule has 0 spiro atoms. The summed E-state index contributed by atoms with van der Waals surface area (Å²) in [5.74, 6) is 0. The molecule has 0 unspecified atom stereocenters. The maximum absolute atomic E-state index is 2.40. The van der Waals surface area contributed by atoms with E-state index in [1.54, 1.807) is 45.3 Å². The first-order chi connectivity index (χ1) is 25.7.